The van der Waals surface area contributed by atoms with Crippen molar-refractivity contribution in [1.29, 1.82) is 0 Å². The summed E-state index contributed by atoms with van der Waals surface area (Å²) in [5, 5.41) is 26.1. The topological polar surface area (TPSA) is 171 Å². The molecule has 1 aromatic heterocycles. The van der Waals surface area contributed by atoms with Crippen molar-refractivity contribution in [3.63, 3.8) is 0 Å². The summed E-state index contributed by atoms with van der Waals surface area (Å²) in [6.07, 6.45) is -2.48. The molecule has 2 rings (SSSR count). The number of aromatic nitrogens is 1. The second-order valence-corrected chi connectivity index (χ2v) is 10.2. The molecule has 0 radical (unpaired) electrons. The number of nitrogens with one attached hydrogen (secondary N) is 3. The first-order valence-electron chi connectivity index (χ1n) is 10.6. The Labute approximate surface area is 201 Å². The van der Waals surface area contributed by atoms with Gasteiger partial charge in [-0.05, 0) is 30.0 Å². The van der Waals surface area contributed by atoms with Crippen LogP contribution in [0.1, 0.15) is 36.3 Å². The molecular weight excluding hydrogens is 490 g/mol. The largest absolute Gasteiger partial charge is 0.431 e. The number of anilines is 1. The van der Waals surface area contributed by atoms with Crippen molar-refractivity contribution in [3.05, 3.63) is 47.4 Å². The Hall–Kier alpha value is -3.10. The molecule has 0 spiro atoms. The predicted octanol–water partition coefficient (Wildman–Crippen LogP) is 0.550. The fraction of sp³-hybridized carbons (Fsp3) is 0.476. The van der Waals surface area contributed by atoms with Gasteiger partial charge in [-0.1, -0.05) is 13.8 Å². The van der Waals surface area contributed by atoms with Gasteiger partial charge in [-0.3, -0.25) is 9.59 Å². The number of halogens is 2. The molecule has 5 N–H and O–H groups in total. The van der Waals surface area contributed by atoms with E-state index in [9.17, 15) is 37.0 Å². The lowest BCUT2D eigenvalue weighted by atomic mass is 9.95. The Morgan fingerprint density at radius 2 is 1.77 bits per heavy atom. The molecule has 11 nitrogen and oxygen atoms in total. The van der Waals surface area contributed by atoms with Crippen LogP contribution < -0.4 is 15.4 Å². The van der Waals surface area contributed by atoms with Crippen LogP contribution in [0.15, 0.2) is 28.9 Å². The summed E-state index contributed by atoms with van der Waals surface area (Å²) in [5.74, 6) is -3.10. The number of aliphatic hydroxyl groups excluding tert-OH is 2. The molecular formula is C21H28F2N4O7S. The summed E-state index contributed by atoms with van der Waals surface area (Å²) < 4.78 is 56.7. The maximum atomic E-state index is 13.7. The average Bonchev–Trinajstić information content (AvgIpc) is 3.17. The van der Waals surface area contributed by atoms with Crippen LogP contribution in [0.5, 0.6) is 0 Å². The summed E-state index contributed by atoms with van der Waals surface area (Å²) in [6.45, 7) is 4.09. The van der Waals surface area contributed by atoms with Gasteiger partial charge in [-0.25, -0.2) is 21.9 Å². The quantitative estimate of drug-likeness (QED) is 0.271. The molecule has 194 valence electrons. The highest BCUT2D eigenvalue weighted by atomic mass is 32.2. The summed E-state index contributed by atoms with van der Waals surface area (Å²) in [4.78, 5) is 28.4. The first-order chi connectivity index (χ1) is 16.2. The number of benzene rings is 1. The Balaban J connectivity index is 2.21. The van der Waals surface area contributed by atoms with Gasteiger partial charge in [-0.2, -0.15) is 4.98 Å². The maximum Gasteiger partial charge on any atom is 0.309 e. The number of oxazole rings is 1. The molecule has 0 aliphatic carbocycles. The van der Waals surface area contributed by atoms with Gasteiger partial charge in [0.05, 0.1) is 24.8 Å². The number of hydrogen-bond acceptors (Lipinski definition) is 8. The number of rotatable bonds is 12. The van der Waals surface area contributed by atoms with Crippen LogP contribution in [0, 0.1) is 17.6 Å². The normalized spacial score (nSPS) is 14.3. The second-order valence-electron chi connectivity index (χ2n) is 8.43. The molecule has 0 aliphatic heterocycles. The molecule has 0 fully saturated rings. The Kier molecular flexibility index (Phi) is 9.68. The van der Waals surface area contributed by atoms with E-state index in [1.807, 2.05) is 18.6 Å². The van der Waals surface area contributed by atoms with E-state index in [1.165, 1.54) is 0 Å². The van der Waals surface area contributed by atoms with Gasteiger partial charge in [0.2, 0.25) is 15.9 Å². The van der Waals surface area contributed by atoms with E-state index in [0.717, 1.165) is 24.7 Å². The fourth-order valence-corrected chi connectivity index (χ4v) is 3.45. The van der Waals surface area contributed by atoms with Crippen LogP contribution in [-0.4, -0.2) is 66.5 Å². The van der Waals surface area contributed by atoms with Gasteiger partial charge in [-0.15, -0.1) is 0 Å². The Morgan fingerprint density at radius 3 is 2.34 bits per heavy atom. The zero-order valence-electron chi connectivity index (χ0n) is 19.3. The average molecular weight is 519 g/mol. The number of carbonyl (C=O) groups excluding carboxylic acids is 2. The molecule has 0 unspecified atom stereocenters. The molecule has 0 bridgehead atoms. The lowest BCUT2D eigenvalue weighted by Gasteiger charge is -2.27. The van der Waals surface area contributed by atoms with E-state index < -0.39 is 64.2 Å². The van der Waals surface area contributed by atoms with Crippen molar-refractivity contribution < 1.29 is 41.4 Å². The first kappa shape index (κ1) is 28.1. The molecule has 14 heteroatoms. The van der Waals surface area contributed by atoms with E-state index in [4.69, 9.17) is 4.42 Å². The molecule has 2 aromatic rings. The van der Waals surface area contributed by atoms with Crippen LogP contribution in [0.3, 0.4) is 0 Å². The molecule has 0 saturated heterocycles. The number of carbonyl (C=O) groups is 2. The summed E-state index contributed by atoms with van der Waals surface area (Å²) in [7, 11) is -3.73. The van der Waals surface area contributed by atoms with Crippen LogP contribution in [0.25, 0.3) is 0 Å². The molecule has 1 aromatic carbocycles. The van der Waals surface area contributed by atoms with E-state index in [0.29, 0.717) is 12.6 Å². The van der Waals surface area contributed by atoms with Crippen molar-refractivity contribution in [1.82, 2.24) is 15.6 Å². The minimum Gasteiger partial charge on any atom is -0.431 e. The number of nitrogens with zero attached hydrogens (tertiary/aromatic N) is 1. The van der Waals surface area contributed by atoms with Crippen molar-refractivity contribution >= 4 is 27.9 Å². The highest BCUT2D eigenvalue weighted by molar-refractivity contribution is 7.91. The lowest BCUT2D eigenvalue weighted by molar-refractivity contribution is -0.125. The fourth-order valence-electron chi connectivity index (χ4n) is 3.03. The summed E-state index contributed by atoms with van der Waals surface area (Å²) >= 11 is 0. The Bertz CT molecular complexity index is 1120. The standard InChI is InChI=1S/C21H28F2N4O7S/c1-11(2)9-24-18(29)8-17(28)19(30)15(6-12-4-13(22)7-14(23)5-12)25-20(31)16-10-34-21(26-16)27-35(3,32)33/h4-5,7,10-11,15,17,19,28,30H,6,8-9H2,1-3H3,(H,24,29)(H,25,31)(H,26,27)/t15-,17+,19+/m0/s1. The highest BCUT2D eigenvalue weighted by Gasteiger charge is 2.31. The van der Waals surface area contributed by atoms with Crippen molar-refractivity contribution in [2.45, 2.75) is 44.9 Å². The van der Waals surface area contributed by atoms with Gasteiger partial charge in [0.1, 0.15) is 24.0 Å². The van der Waals surface area contributed by atoms with E-state index in [-0.39, 0.29) is 23.6 Å². The van der Waals surface area contributed by atoms with Crippen molar-refractivity contribution in [2.24, 2.45) is 5.92 Å². The SMILES string of the molecule is CC(C)CNC(=O)C[C@@H](O)[C@H](O)[C@H](Cc1cc(F)cc(F)c1)NC(=O)c1coc(NS(C)(=O)=O)n1. The van der Waals surface area contributed by atoms with Crippen LogP contribution in [0.4, 0.5) is 14.8 Å². The molecule has 1 heterocycles. The number of hydrogen-bond donors (Lipinski definition) is 5. The second kappa shape index (κ2) is 12.0. The molecule has 0 saturated carbocycles. The minimum absolute atomic E-state index is 0.0582. The van der Waals surface area contributed by atoms with Gasteiger partial charge >= 0.3 is 6.01 Å². The highest BCUT2D eigenvalue weighted by Crippen LogP contribution is 2.16. The van der Waals surface area contributed by atoms with Gasteiger partial charge in [0, 0.05) is 12.6 Å². The number of aliphatic hydroxyl groups is 2. The summed E-state index contributed by atoms with van der Waals surface area (Å²) in [6, 6.07) is 0.818. The Morgan fingerprint density at radius 1 is 1.14 bits per heavy atom. The number of amides is 2. The molecule has 2 amide bonds. The number of sulfonamides is 1. The van der Waals surface area contributed by atoms with Crippen LogP contribution >= 0.6 is 0 Å². The third-order valence-electron chi connectivity index (χ3n) is 4.61. The minimum atomic E-state index is -3.73. The third kappa shape index (κ3) is 9.58. The van der Waals surface area contributed by atoms with Crippen molar-refractivity contribution in [3.8, 4) is 0 Å². The zero-order chi connectivity index (χ0) is 26.3. The van der Waals surface area contributed by atoms with E-state index in [2.05, 4.69) is 15.6 Å². The predicted molar refractivity (Wildman–Crippen MR) is 121 cm³/mol. The van der Waals surface area contributed by atoms with Crippen molar-refractivity contribution in [2.75, 3.05) is 17.5 Å². The van der Waals surface area contributed by atoms with Gasteiger partial charge < -0.3 is 25.3 Å². The van der Waals surface area contributed by atoms with Gasteiger partial charge in [0.15, 0.2) is 5.69 Å². The lowest BCUT2D eigenvalue weighted by Crippen LogP contribution is -2.51. The van der Waals surface area contributed by atoms with Gasteiger partial charge in [0.25, 0.3) is 5.91 Å². The zero-order valence-corrected chi connectivity index (χ0v) is 20.1. The monoisotopic (exact) mass is 518 g/mol. The van der Waals surface area contributed by atoms with E-state index >= 15 is 0 Å². The van der Waals surface area contributed by atoms with Crippen LogP contribution in [-0.2, 0) is 21.2 Å². The van der Waals surface area contributed by atoms with E-state index in [1.54, 1.807) is 0 Å². The smallest absolute Gasteiger partial charge is 0.309 e. The first-order valence-corrected chi connectivity index (χ1v) is 12.4. The summed E-state index contributed by atoms with van der Waals surface area (Å²) in [5.41, 5.74) is -0.314. The third-order valence-corrected chi connectivity index (χ3v) is 5.16. The molecule has 0 aliphatic rings. The molecule has 3 atom stereocenters. The van der Waals surface area contributed by atoms with Crippen LogP contribution in [0.2, 0.25) is 0 Å². The molecule has 35 heavy (non-hydrogen) atoms. The maximum absolute atomic E-state index is 13.7.